The molecule has 0 bridgehead atoms. The normalized spacial score (nSPS) is 11.4. The summed E-state index contributed by atoms with van der Waals surface area (Å²) in [5, 5.41) is 4.67. The number of aryl methyl sites for hydroxylation is 1. The second-order valence-electron chi connectivity index (χ2n) is 4.05. The fourth-order valence-electron chi connectivity index (χ4n) is 1.85. The molecule has 3 aromatic rings. The van der Waals surface area contributed by atoms with Crippen molar-refractivity contribution in [3.8, 4) is 0 Å². The molecule has 0 aliphatic heterocycles. The molecule has 0 atom stereocenters. The van der Waals surface area contributed by atoms with Crippen LogP contribution in [0.5, 0.6) is 0 Å². The maximum absolute atomic E-state index is 12.3. The third kappa shape index (κ3) is 2.06. The predicted molar refractivity (Wildman–Crippen MR) is 72.4 cm³/mol. The summed E-state index contributed by atoms with van der Waals surface area (Å²) in [4.78, 5) is 16.6. The highest BCUT2D eigenvalue weighted by Crippen LogP contribution is 2.07. The molecule has 0 aliphatic rings. The maximum atomic E-state index is 12.3. The predicted octanol–water partition coefficient (Wildman–Crippen LogP) is 2.18. The molecule has 0 saturated carbocycles. The van der Waals surface area contributed by atoms with Crippen LogP contribution in [-0.2, 0) is 0 Å². The lowest BCUT2D eigenvalue weighted by Gasteiger charge is -2.04. The van der Waals surface area contributed by atoms with Crippen molar-refractivity contribution in [2.24, 2.45) is 5.10 Å². The molecule has 1 aromatic carbocycles. The summed E-state index contributed by atoms with van der Waals surface area (Å²) < 4.78 is 6.41. The van der Waals surface area contributed by atoms with E-state index in [0.29, 0.717) is 22.5 Å². The molecule has 0 saturated heterocycles. The quantitative estimate of drug-likeness (QED) is 0.658. The van der Waals surface area contributed by atoms with E-state index in [9.17, 15) is 4.79 Å². The Bertz CT molecular complexity index is 801. The van der Waals surface area contributed by atoms with Crippen molar-refractivity contribution in [1.29, 1.82) is 0 Å². The van der Waals surface area contributed by atoms with E-state index in [0.717, 1.165) is 0 Å². The topological polar surface area (TPSA) is 60.4 Å². The van der Waals surface area contributed by atoms with Crippen molar-refractivity contribution in [2.75, 3.05) is 0 Å². The lowest BCUT2D eigenvalue weighted by molar-refractivity contribution is 0.559. The third-order valence-electron chi connectivity index (χ3n) is 2.76. The number of benzene rings is 1. The number of hydrogen-bond acceptors (Lipinski definition) is 4. The minimum Gasteiger partial charge on any atom is -0.463 e. The Balaban J connectivity index is 2.16. The molecule has 2 aromatic heterocycles. The molecule has 0 amide bonds. The van der Waals surface area contributed by atoms with Gasteiger partial charge in [-0.15, -0.1) is 0 Å². The highest BCUT2D eigenvalue weighted by molar-refractivity contribution is 5.78. The second kappa shape index (κ2) is 4.53. The lowest BCUT2D eigenvalue weighted by Crippen LogP contribution is -2.20. The van der Waals surface area contributed by atoms with Gasteiger partial charge in [0.25, 0.3) is 5.56 Å². The molecule has 0 radical (unpaired) electrons. The highest BCUT2D eigenvalue weighted by atomic mass is 16.3. The fraction of sp³-hybridized carbons (Fsp3) is 0.0714. The van der Waals surface area contributed by atoms with Crippen LogP contribution in [0.4, 0.5) is 0 Å². The van der Waals surface area contributed by atoms with Gasteiger partial charge < -0.3 is 4.42 Å². The first-order valence-electron chi connectivity index (χ1n) is 5.82. The van der Waals surface area contributed by atoms with Crippen molar-refractivity contribution in [2.45, 2.75) is 6.92 Å². The molecule has 5 nitrogen and oxygen atoms in total. The summed E-state index contributed by atoms with van der Waals surface area (Å²) in [6.45, 7) is 1.74. The number of para-hydroxylation sites is 1. The van der Waals surface area contributed by atoms with Crippen LogP contribution >= 0.6 is 0 Å². The molecule has 0 fully saturated rings. The Labute approximate surface area is 108 Å². The van der Waals surface area contributed by atoms with Crippen LogP contribution in [0.2, 0.25) is 0 Å². The van der Waals surface area contributed by atoms with E-state index in [4.69, 9.17) is 4.42 Å². The number of furan rings is 1. The van der Waals surface area contributed by atoms with Gasteiger partial charge in [-0.1, -0.05) is 12.1 Å². The van der Waals surface area contributed by atoms with Gasteiger partial charge >= 0.3 is 0 Å². The van der Waals surface area contributed by atoms with E-state index in [2.05, 4.69) is 10.1 Å². The zero-order chi connectivity index (χ0) is 13.2. The molecular formula is C14H11N3O2. The van der Waals surface area contributed by atoms with Crippen molar-refractivity contribution in [1.82, 2.24) is 9.66 Å². The number of hydrogen-bond donors (Lipinski definition) is 0. The minimum absolute atomic E-state index is 0.189. The van der Waals surface area contributed by atoms with Crippen LogP contribution < -0.4 is 5.56 Å². The molecule has 0 unspecified atom stereocenters. The molecule has 0 spiro atoms. The van der Waals surface area contributed by atoms with E-state index in [1.165, 1.54) is 10.9 Å². The Morgan fingerprint density at radius 1 is 1.26 bits per heavy atom. The zero-order valence-electron chi connectivity index (χ0n) is 10.3. The smallest absolute Gasteiger partial charge is 0.282 e. The monoisotopic (exact) mass is 253 g/mol. The first-order valence-corrected chi connectivity index (χ1v) is 5.82. The fourth-order valence-corrected chi connectivity index (χ4v) is 1.85. The minimum atomic E-state index is -0.189. The van der Waals surface area contributed by atoms with Crippen LogP contribution in [0.1, 0.15) is 11.6 Å². The third-order valence-corrected chi connectivity index (χ3v) is 2.76. The van der Waals surface area contributed by atoms with Gasteiger partial charge in [-0.25, -0.2) is 4.98 Å². The Morgan fingerprint density at radius 3 is 2.89 bits per heavy atom. The van der Waals surface area contributed by atoms with Gasteiger partial charge in [0.15, 0.2) is 0 Å². The van der Waals surface area contributed by atoms with E-state index in [1.807, 2.05) is 12.1 Å². The summed E-state index contributed by atoms with van der Waals surface area (Å²) in [5.41, 5.74) is 0.486. The van der Waals surface area contributed by atoms with Crippen molar-refractivity contribution < 1.29 is 4.42 Å². The van der Waals surface area contributed by atoms with Crippen LogP contribution in [-0.4, -0.2) is 15.9 Å². The second-order valence-corrected chi connectivity index (χ2v) is 4.05. The molecule has 0 N–H and O–H groups in total. The number of fused-ring (bicyclic) bond motifs is 1. The summed E-state index contributed by atoms with van der Waals surface area (Å²) in [6, 6.07) is 10.7. The van der Waals surface area contributed by atoms with E-state index in [-0.39, 0.29) is 5.56 Å². The summed E-state index contributed by atoms with van der Waals surface area (Å²) in [5.74, 6) is 1.12. The Hall–Kier alpha value is -2.69. The first-order chi connectivity index (χ1) is 9.25. The molecule has 94 valence electrons. The van der Waals surface area contributed by atoms with Crippen molar-refractivity contribution in [3.63, 3.8) is 0 Å². The zero-order valence-corrected chi connectivity index (χ0v) is 10.3. The SMILES string of the molecule is Cc1nc2ccccc2c(=O)n1/N=C\c1ccco1. The van der Waals surface area contributed by atoms with Crippen molar-refractivity contribution in [3.05, 3.63) is 64.6 Å². The molecule has 3 rings (SSSR count). The number of nitrogens with zero attached hydrogens (tertiary/aromatic N) is 3. The van der Waals surface area contributed by atoms with Crippen LogP contribution in [0.25, 0.3) is 10.9 Å². The van der Waals surface area contributed by atoms with E-state index < -0.39 is 0 Å². The Kier molecular flexibility index (Phi) is 2.72. The summed E-state index contributed by atoms with van der Waals surface area (Å²) >= 11 is 0. The largest absolute Gasteiger partial charge is 0.463 e. The average molecular weight is 253 g/mol. The van der Waals surface area contributed by atoms with Crippen LogP contribution in [0.3, 0.4) is 0 Å². The van der Waals surface area contributed by atoms with Gasteiger partial charge in [-0.05, 0) is 31.2 Å². The standard InChI is InChI=1S/C14H11N3O2/c1-10-16-13-7-3-2-6-12(13)14(18)17(10)15-9-11-5-4-8-19-11/h2-9H,1H3/b15-9-. The van der Waals surface area contributed by atoms with Gasteiger partial charge in [0.05, 0.1) is 23.4 Å². The highest BCUT2D eigenvalue weighted by Gasteiger charge is 2.06. The molecule has 2 heterocycles. The van der Waals surface area contributed by atoms with Crippen LogP contribution in [0, 0.1) is 6.92 Å². The summed E-state index contributed by atoms with van der Waals surface area (Å²) in [6.07, 6.45) is 3.04. The first kappa shape index (κ1) is 11.4. The molecule has 19 heavy (non-hydrogen) atoms. The van der Waals surface area contributed by atoms with Crippen molar-refractivity contribution >= 4 is 17.1 Å². The number of aromatic nitrogens is 2. The molecule has 0 aliphatic carbocycles. The van der Waals surface area contributed by atoms with E-state index >= 15 is 0 Å². The van der Waals surface area contributed by atoms with Gasteiger partial charge in [0.2, 0.25) is 0 Å². The van der Waals surface area contributed by atoms with Crippen LogP contribution in [0.15, 0.2) is 57.0 Å². The van der Waals surface area contributed by atoms with Gasteiger partial charge in [-0.3, -0.25) is 4.79 Å². The van der Waals surface area contributed by atoms with E-state index in [1.54, 1.807) is 37.5 Å². The van der Waals surface area contributed by atoms with Gasteiger partial charge in [-0.2, -0.15) is 9.78 Å². The average Bonchev–Trinajstić information content (AvgIpc) is 2.92. The van der Waals surface area contributed by atoms with Gasteiger partial charge in [0.1, 0.15) is 11.6 Å². The maximum Gasteiger partial charge on any atom is 0.282 e. The molecular weight excluding hydrogens is 242 g/mol. The molecule has 5 heteroatoms. The number of rotatable bonds is 2. The summed E-state index contributed by atoms with van der Waals surface area (Å²) in [7, 11) is 0. The lowest BCUT2D eigenvalue weighted by atomic mass is 10.2. The Morgan fingerprint density at radius 2 is 2.11 bits per heavy atom. The van der Waals surface area contributed by atoms with Gasteiger partial charge in [0, 0.05) is 0 Å².